The van der Waals surface area contributed by atoms with E-state index < -0.39 is 0 Å². The molecule has 1 aromatic carbocycles. The van der Waals surface area contributed by atoms with Crippen molar-refractivity contribution in [3.05, 3.63) is 87.6 Å². The smallest absolute Gasteiger partial charge is 0.153 e. The summed E-state index contributed by atoms with van der Waals surface area (Å²) >= 11 is 2.89. The first-order chi connectivity index (χ1) is 19.1. The minimum absolute atomic E-state index is 0.0405. The maximum absolute atomic E-state index is 9.05. The van der Waals surface area contributed by atoms with Crippen molar-refractivity contribution in [2.45, 2.75) is 0 Å². The number of benzene rings is 1. The third-order valence-electron chi connectivity index (χ3n) is 5.91. The van der Waals surface area contributed by atoms with Crippen LogP contribution in [0, 0.1) is 45.3 Å². The van der Waals surface area contributed by atoms with Crippen LogP contribution in [0.5, 0.6) is 0 Å². The molecule has 0 aliphatic carbocycles. The number of allylic oxidation sites excluding steroid dienone is 2. The molecule has 39 heavy (non-hydrogen) atoms. The van der Waals surface area contributed by atoms with E-state index >= 15 is 0 Å². The van der Waals surface area contributed by atoms with Gasteiger partial charge in [-0.3, -0.25) is 0 Å². The number of thiophene rings is 2. The van der Waals surface area contributed by atoms with Crippen molar-refractivity contribution < 1.29 is 8.83 Å². The fraction of sp³-hybridized carbons (Fsp3) is 0. The first-order valence-corrected chi connectivity index (χ1v) is 13.1. The van der Waals surface area contributed by atoms with Gasteiger partial charge in [0, 0.05) is 27.6 Å². The number of furan rings is 2. The van der Waals surface area contributed by atoms with Crippen LogP contribution in [-0.4, -0.2) is 4.57 Å². The number of hydrogen-bond donors (Lipinski definition) is 0. The number of fused-ring (bicyclic) bond motifs is 2. The van der Waals surface area contributed by atoms with Crippen molar-refractivity contribution in [1.29, 1.82) is 21.0 Å². The second-order valence-corrected chi connectivity index (χ2v) is 10.5. The molecule has 5 aromatic heterocycles. The number of nitrogens with zero attached hydrogens (tertiary/aromatic N) is 5. The highest BCUT2D eigenvalue weighted by molar-refractivity contribution is 7.20. The molecule has 0 bridgehead atoms. The molecule has 182 valence electrons. The Morgan fingerprint density at radius 3 is 1.51 bits per heavy atom. The lowest BCUT2D eigenvalue weighted by Crippen LogP contribution is -1.98. The number of rotatable bonds is 5. The third kappa shape index (κ3) is 4.31. The Balaban J connectivity index is 1.44. The average Bonchev–Trinajstić information content (AvgIpc) is 3.75. The van der Waals surface area contributed by atoms with Crippen LogP contribution in [0.1, 0.15) is 9.75 Å². The lowest BCUT2D eigenvalue weighted by molar-refractivity contribution is 0.621. The van der Waals surface area contributed by atoms with Gasteiger partial charge in [-0.1, -0.05) is 18.2 Å². The van der Waals surface area contributed by atoms with E-state index in [9.17, 15) is 0 Å². The fourth-order valence-electron chi connectivity index (χ4n) is 4.24. The molecule has 5 heterocycles. The van der Waals surface area contributed by atoms with Gasteiger partial charge in [-0.2, -0.15) is 21.0 Å². The van der Waals surface area contributed by atoms with E-state index in [0.717, 1.165) is 36.2 Å². The zero-order chi connectivity index (χ0) is 26.9. The van der Waals surface area contributed by atoms with Crippen molar-refractivity contribution in [3.8, 4) is 52.9 Å². The van der Waals surface area contributed by atoms with Crippen LogP contribution < -0.4 is 0 Å². The van der Waals surface area contributed by atoms with E-state index in [2.05, 4.69) is 4.57 Å². The van der Waals surface area contributed by atoms with Crippen molar-refractivity contribution in [2.24, 2.45) is 0 Å². The van der Waals surface area contributed by atoms with Gasteiger partial charge < -0.3 is 13.4 Å². The molecule has 0 fully saturated rings. The minimum Gasteiger partial charge on any atom is -0.454 e. The number of hydrogen-bond acceptors (Lipinski definition) is 8. The second kappa shape index (κ2) is 9.71. The maximum atomic E-state index is 9.05. The molecule has 0 saturated carbocycles. The van der Waals surface area contributed by atoms with Crippen LogP contribution in [0.15, 0.2) is 86.7 Å². The molecule has 6 rings (SSSR count). The van der Waals surface area contributed by atoms with Gasteiger partial charge in [0.2, 0.25) is 0 Å². The summed E-state index contributed by atoms with van der Waals surface area (Å²) in [5.74, 6) is 1.34. The Morgan fingerprint density at radius 1 is 0.641 bits per heavy atom. The molecule has 0 aliphatic rings. The summed E-state index contributed by atoms with van der Waals surface area (Å²) in [5, 5.41) is 36.2. The van der Waals surface area contributed by atoms with Gasteiger partial charge in [-0.15, -0.1) is 22.7 Å². The van der Waals surface area contributed by atoms with E-state index in [1.807, 2.05) is 91.0 Å². The van der Waals surface area contributed by atoms with Gasteiger partial charge in [0.25, 0.3) is 0 Å². The molecule has 0 spiro atoms. The van der Waals surface area contributed by atoms with E-state index in [-0.39, 0.29) is 11.1 Å². The van der Waals surface area contributed by atoms with Crippen molar-refractivity contribution in [2.75, 3.05) is 0 Å². The van der Waals surface area contributed by atoms with Crippen LogP contribution in [-0.2, 0) is 0 Å². The molecular formula is C30H13N5O2S2. The zero-order valence-electron chi connectivity index (χ0n) is 19.9. The second-order valence-electron chi connectivity index (χ2n) is 8.31. The predicted molar refractivity (Wildman–Crippen MR) is 150 cm³/mol. The summed E-state index contributed by atoms with van der Waals surface area (Å²) in [5.41, 5.74) is 4.03. The standard InChI is InChI=1S/C30H13N5O2S2/c31-14-18(15-32)8-21-10-27-29(38-21)12-25(36-27)23-6-7-24(35(23)20-4-2-1-3-5-20)26-13-30-28(37-26)11-22(39-30)9-19(16-33)17-34/h1-13H. The Labute approximate surface area is 229 Å². The Bertz CT molecular complexity index is 1890. The SMILES string of the molecule is N#CC(C#N)=Cc1cc2oc(-c3ccc(-c4cc5sc(C=C(C#N)C#N)cc5o4)n3-c3ccccc3)cc2s1. The quantitative estimate of drug-likeness (QED) is 0.203. The van der Waals surface area contributed by atoms with Gasteiger partial charge in [-0.05, 0) is 48.6 Å². The molecule has 0 aliphatic heterocycles. The Morgan fingerprint density at radius 2 is 1.10 bits per heavy atom. The molecule has 0 amide bonds. The summed E-state index contributed by atoms with van der Waals surface area (Å²) in [6.07, 6.45) is 3.10. The van der Waals surface area contributed by atoms with Crippen LogP contribution in [0.25, 0.3) is 61.3 Å². The van der Waals surface area contributed by atoms with Gasteiger partial charge >= 0.3 is 0 Å². The topological polar surface area (TPSA) is 126 Å². The third-order valence-corrected chi connectivity index (χ3v) is 7.93. The molecule has 6 aromatic rings. The number of aromatic nitrogens is 1. The van der Waals surface area contributed by atoms with Crippen LogP contribution >= 0.6 is 22.7 Å². The summed E-state index contributed by atoms with van der Waals surface area (Å²) in [6, 6.07) is 28.9. The molecule has 7 nitrogen and oxygen atoms in total. The minimum atomic E-state index is 0.0405. The Hall–Kier alpha value is -5.58. The van der Waals surface area contributed by atoms with E-state index in [4.69, 9.17) is 29.9 Å². The maximum Gasteiger partial charge on any atom is 0.153 e. The van der Waals surface area contributed by atoms with Crippen molar-refractivity contribution >= 4 is 55.4 Å². The number of nitriles is 4. The molecular weight excluding hydrogens is 526 g/mol. The van der Waals surface area contributed by atoms with Gasteiger partial charge in [0.15, 0.2) is 11.5 Å². The van der Waals surface area contributed by atoms with E-state index in [1.54, 1.807) is 12.2 Å². The molecule has 9 heteroatoms. The highest BCUT2D eigenvalue weighted by atomic mass is 32.1. The molecule has 0 atom stereocenters. The molecule has 0 N–H and O–H groups in total. The van der Waals surface area contributed by atoms with E-state index in [0.29, 0.717) is 22.7 Å². The van der Waals surface area contributed by atoms with Gasteiger partial charge in [0.1, 0.15) is 46.6 Å². The lowest BCUT2D eigenvalue weighted by atomic mass is 10.2. The average molecular weight is 540 g/mol. The highest BCUT2D eigenvalue weighted by Gasteiger charge is 2.20. The lowest BCUT2D eigenvalue weighted by Gasteiger charge is -2.11. The summed E-state index contributed by atoms with van der Waals surface area (Å²) in [4.78, 5) is 1.54. The van der Waals surface area contributed by atoms with Gasteiger partial charge in [-0.25, -0.2) is 0 Å². The monoisotopic (exact) mass is 539 g/mol. The molecule has 0 radical (unpaired) electrons. The first-order valence-electron chi connectivity index (χ1n) is 11.5. The van der Waals surface area contributed by atoms with Gasteiger partial charge in [0.05, 0.1) is 20.8 Å². The van der Waals surface area contributed by atoms with Crippen LogP contribution in [0.2, 0.25) is 0 Å². The summed E-state index contributed by atoms with van der Waals surface area (Å²) in [7, 11) is 0. The largest absolute Gasteiger partial charge is 0.454 e. The molecule has 0 unspecified atom stereocenters. The zero-order valence-corrected chi connectivity index (χ0v) is 21.5. The highest BCUT2D eigenvalue weighted by Crippen LogP contribution is 2.40. The summed E-state index contributed by atoms with van der Waals surface area (Å²) < 4.78 is 16.3. The summed E-state index contributed by atoms with van der Waals surface area (Å²) in [6.45, 7) is 0. The van der Waals surface area contributed by atoms with Crippen molar-refractivity contribution in [1.82, 2.24) is 4.57 Å². The Kier molecular flexibility index (Phi) is 5.92. The van der Waals surface area contributed by atoms with Crippen LogP contribution in [0.4, 0.5) is 0 Å². The normalized spacial score (nSPS) is 10.5. The number of para-hydroxylation sites is 1. The van der Waals surface area contributed by atoms with Crippen LogP contribution in [0.3, 0.4) is 0 Å². The fourth-order valence-corrected chi connectivity index (χ4v) is 6.17. The molecule has 0 saturated heterocycles. The first kappa shape index (κ1) is 23.8. The predicted octanol–water partition coefficient (Wildman–Crippen LogP) is 8.29. The van der Waals surface area contributed by atoms with Crippen molar-refractivity contribution in [3.63, 3.8) is 0 Å². The van der Waals surface area contributed by atoms with E-state index in [1.165, 1.54) is 22.7 Å².